The molecule has 0 N–H and O–H groups in total. The van der Waals surface area contributed by atoms with E-state index in [0.717, 1.165) is 5.52 Å². The van der Waals surface area contributed by atoms with E-state index in [1.54, 1.807) is 11.3 Å². The predicted octanol–water partition coefficient (Wildman–Crippen LogP) is 6.21. The van der Waals surface area contributed by atoms with Crippen molar-refractivity contribution in [2.45, 2.75) is 39.5 Å². The van der Waals surface area contributed by atoms with Crippen LogP contribution in [0.25, 0.3) is 21.3 Å². The van der Waals surface area contributed by atoms with Crippen LogP contribution in [0.1, 0.15) is 50.1 Å². The molecule has 0 saturated carbocycles. The highest BCUT2D eigenvalue weighted by Crippen LogP contribution is 2.31. The Morgan fingerprint density at radius 1 is 0.857 bits per heavy atom. The van der Waals surface area contributed by atoms with Crippen LogP contribution < -0.4 is 0 Å². The molecule has 0 aliphatic carbocycles. The molecule has 0 amide bonds. The summed E-state index contributed by atoms with van der Waals surface area (Å²) in [6, 6.07) is 15.5. The predicted molar refractivity (Wildman–Crippen MR) is 93.2 cm³/mol. The zero-order valence-corrected chi connectivity index (χ0v) is 13.9. The van der Waals surface area contributed by atoms with Crippen molar-refractivity contribution in [3.05, 3.63) is 53.0 Å². The van der Waals surface area contributed by atoms with Crippen molar-refractivity contribution in [1.29, 1.82) is 0 Å². The van der Waals surface area contributed by atoms with Gasteiger partial charge in [0.25, 0.3) is 0 Å². The first-order valence-corrected chi connectivity index (χ1v) is 8.37. The van der Waals surface area contributed by atoms with Crippen molar-refractivity contribution in [2.75, 3.05) is 0 Å². The number of aromatic nitrogens is 1. The molecule has 108 valence electrons. The molecule has 0 saturated heterocycles. The Labute approximate surface area is 130 Å². The fourth-order valence-corrected chi connectivity index (χ4v) is 3.40. The van der Waals surface area contributed by atoms with Crippen LogP contribution in [0.3, 0.4) is 0 Å². The normalized spacial score (nSPS) is 11.7. The van der Waals surface area contributed by atoms with Gasteiger partial charge in [0, 0.05) is 5.92 Å². The lowest BCUT2D eigenvalue weighted by Crippen LogP contribution is -1.88. The molecule has 0 bridgehead atoms. The summed E-state index contributed by atoms with van der Waals surface area (Å²) in [4.78, 5) is 4.77. The van der Waals surface area contributed by atoms with E-state index in [-0.39, 0.29) is 0 Å². The molecule has 3 rings (SSSR count). The molecular weight excluding hydrogens is 274 g/mol. The zero-order chi connectivity index (χ0) is 15.0. The Hall–Kier alpha value is -1.67. The molecule has 0 unspecified atom stereocenters. The van der Waals surface area contributed by atoms with Crippen molar-refractivity contribution < 1.29 is 0 Å². The molecule has 0 radical (unpaired) electrons. The molecule has 1 nitrogen and oxygen atoms in total. The zero-order valence-electron chi connectivity index (χ0n) is 13.1. The highest BCUT2D eigenvalue weighted by molar-refractivity contribution is 7.18. The topological polar surface area (TPSA) is 12.9 Å². The standard InChI is InChI=1S/C19H21NS/c1-12(2)14-6-5-7-15(10-14)16-8-9-18-17(11-16)20-19(21-18)13(3)4/h5-13H,1-4H3. The Bertz CT molecular complexity index is 768. The van der Waals surface area contributed by atoms with E-state index in [1.807, 2.05) is 0 Å². The van der Waals surface area contributed by atoms with Gasteiger partial charge in [-0.3, -0.25) is 0 Å². The lowest BCUT2D eigenvalue weighted by molar-refractivity contribution is 0.857. The summed E-state index contributed by atoms with van der Waals surface area (Å²) in [7, 11) is 0. The minimum atomic E-state index is 0.495. The number of thiazole rings is 1. The van der Waals surface area contributed by atoms with E-state index in [1.165, 1.54) is 26.4 Å². The molecule has 0 fully saturated rings. The number of nitrogens with zero attached hydrogens (tertiary/aromatic N) is 1. The van der Waals surface area contributed by atoms with Crippen LogP contribution in [0, 0.1) is 0 Å². The van der Waals surface area contributed by atoms with Crippen molar-refractivity contribution in [3.63, 3.8) is 0 Å². The molecule has 3 aromatic rings. The third-order valence-electron chi connectivity index (χ3n) is 3.78. The van der Waals surface area contributed by atoms with Crippen LogP contribution in [0.4, 0.5) is 0 Å². The van der Waals surface area contributed by atoms with Crippen LogP contribution in [0.2, 0.25) is 0 Å². The molecular formula is C19H21NS. The largest absolute Gasteiger partial charge is 0.241 e. The van der Waals surface area contributed by atoms with Crippen molar-refractivity contribution in [1.82, 2.24) is 4.98 Å². The molecule has 1 aromatic heterocycles. The van der Waals surface area contributed by atoms with Gasteiger partial charge in [-0.2, -0.15) is 0 Å². The minimum Gasteiger partial charge on any atom is -0.241 e. The third kappa shape index (κ3) is 2.86. The van der Waals surface area contributed by atoms with Gasteiger partial charge in [0.2, 0.25) is 0 Å². The second-order valence-electron chi connectivity index (χ2n) is 6.17. The van der Waals surface area contributed by atoms with Crippen molar-refractivity contribution >= 4 is 21.6 Å². The molecule has 2 aromatic carbocycles. The smallest absolute Gasteiger partial charge is 0.0963 e. The molecule has 21 heavy (non-hydrogen) atoms. The molecule has 2 heteroatoms. The van der Waals surface area contributed by atoms with Gasteiger partial charge in [-0.1, -0.05) is 58.0 Å². The van der Waals surface area contributed by atoms with Gasteiger partial charge in [-0.15, -0.1) is 11.3 Å². The van der Waals surface area contributed by atoms with Gasteiger partial charge in [-0.25, -0.2) is 4.98 Å². The van der Waals surface area contributed by atoms with Gasteiger partial charge in [0.15, 0.2) is 0 Å². The van der Waals surface area contributed by atoms with Crippen LogP contribution in [-0.2, 0) is 0 Å². The van der Waals surface area contributed by atoms with E-state index in [9.17, 15) is 0 Å². The first-order valence-electron chi connectivity index (χ1n) is 7.55. The summed E-state index contributed by atoms with van der Waals surface area (Å²) in [5, 5.41) is 1.22. The number of fused-ring (bicyclic) bond motifs is 1. The maximum absolute atomic E-state index is 4.77. The Morgan fingerprint density at radius 3 is 2.33 bits per heavy atom. The molecule has 0 atom stereocenters. The average Bonchev–Trinajstić information content (AvgIpc) is 2.90. The molecule has 0 aliphatic rings. The minimum absolute atomic E-state index is 0.495. The summed E-state index contributed by atoms with van der Waals surface area (Å²) < 4.78 is 1.28. The first-order chi connectivity index (χ1) is 10.0. The highest BCUT2D eigenvalue weighted by atomic mass is 32.1. The molecule has 1 heterocycles. The van der Waals surface area contributed by atoms with Crippen LogP contribution in [0.15, 0.2) is 42.5 Å². The van der Waals surface area contributed by atoms with Gasteiger partial charge in [-0.05, 0) is 34.7 Å². The average molecular weight is 295 g/mol. The van der Waals surface area contributed by atoms with E-state index in [2.05, 4.69) is 70.2 Å². The number of rotatable bonds is 3. The summed E-state index contributed by atoms with van der Waals surface area (Å²) in [5.41, 5.74) is 5.04. The van der Waals surface area contributed by atoms with E-state index >= 15 is 0 Å². The van der Waals surface area contributed by atoms with Gasteiger partial charge in [0.05, 0.1) is 15.2 Å². The Morgan fingerprint density at radius 2 is 1.62 bits per heavy atom. The lowest BCUT2D eigenvalue weighted by atomic mass is 9.97. The Balaban J connectivity index is 2.06. The maximum atomic E-state index is 4.77. The molecule has 0 aliphatic heterocycles. The van der Waals surface area contributed by atoms with E-state index in [4.69, 9.17) is 4.98 Å². The quantitative estimate of drug-likeness (QED) is 0.559. The van der Waals surface area contributed by atoms with Crippen molar-refractivity contribution in [3.8, 4) is 11.1 Å². The van der Waals surface area contributed by atoms with Crippen LogP contribution >= 0.6 is 11.3 Å². The van der Waals surface area contributed by atoms with Crippen LogP contribution in [-0.4, -0.2) is 4.98 Å². The number of benzene rings is 2. The fraction of sp³-hybridized carbons (Fsp3) is 0.316. The van der Waals surface area contributed by atoms with Gasteiger partial charge >= 0.3 is 0 Å². The summed E-state index contributed by atoms with van der Waals surface area (Å²) in [6.07, 6.45) is 0. The van der Waals surface area contributed by atoms with Crippen LogP contribution in [0.5, 0.6) is 0 Å². The highest BCUT2D eigenvalue weighted by Gasteiger charge is 2.09. The second kappa shape index (κ2) is 5.61. The van der Waals surface area contributed by atoms with E-state index < -0.39 is 0 Å². The lowest BCUT2D eigenvalue weighted by Gasteiger charge is -2.08. The fourth-order valence-electron chi connectivity index (χ4n) is 2.45. The summed E-state index contributed by atoms with van der Waals surface area (Å²) >= 11 is 1.81. The van der Waals surface area contributed by atoms with Gasteiger partial charge < -0.3 is 0 Å². The number of hydrogen-bond donors (Lipinski definition) is 0. The summed E-state index contributed by atoms with van der Waals surface area (Å²) in [5.74, 6) is 1.05. The monoisotopic (exact) mass is 295 g/mol. The second-order valence-corrected chi connectivity index (χ2v) is 7.23. The maximum Gasteiger partial charge on any atom is 0.0963 e. The first kappa shape index (κ1) is 14.3. The summed E-state index contributed by atoms with van der Waals surface area (Å²) in [6.45, 7) is 8.87. The third-order valence-corrected chi connectivity index (χ3v) is 5.12. The SMILES string of the molecule is CC(C)c1cccc(-c2ccc3sc(C(C)C)nc3c2)c1. The van der Waals surface area contributed by atoms with Crippen molar-refractivity contribution in [2.24, 2.45) is 0 Å². The van der Waals surface area contributed by atoms with Gasteiger partial charge in [0.1, 0.15) is 0 Å². The Kier molecular flexibility index (Phi) is 3.81. The van der Waals surface area contributed by atoms with E-state index in [0.29, 0.717) is 11.8 Å². The molecule has 0 spiro atoms. The number of hydrogen-bond acceptors (Lipinski definition) is 2.